The number of hydrazone groups is 1. The number of urea groups is 1. The highest BCUT2D eigenvalue weighted by molar-refractivity contribution is 6.09. The number of nitrogens with one attached hydrogen (secondary N) is 1. The summed E-state index contributed by atoms with van der Waals surface area (Å²) in [6.07, 6.45) is 3.41. The largest absolute Gasteiger partial charge is 0.467 e. The number of furan rings is 2. The molecule has 9 nitrogen and oxygen atoms in total. The van der Waals surface area contributed by atoms with Crippen LogP contribution in [0.4, 0.5) is 4.79 Å². The summed E-state index contributed by atoms with van der Waals surface area (Å²) in [5.74, 6) is -0.185. The molecular weight excluding hydrogens is 424 g/mol. The normalized spacial score (nSPS) is 22.6. The molecule has 2 atom stereocenters. The molecule has 1 N–H and O–H groups in total. The molecule has 4 heterocycles. The number of amides is 4. The van der Waals surface area contributed by atoms with Crippen molar-refractivity contribution in [2.45, 2.75) is 31.8 Å². The van der Waals surface area contributed by atoms with Crippen LogP contribution < -0.4 is 5.32 Å². The van der Waals surface area contributed by atoms with Crippen molar-refractivity contribution in [2.75, 3.05) is 6.54 Å². The SMILES string of the molecule is Cc1ccc(C2=NN(C(=O)CN3C(=O)N[C@@](C)(c4ccco4)C3=O)[C@@H](c3ccco3)C2)cc1. The average Bonchev–Trinajstić information content (AvgIpc) is 3.59. The summed E-state index contributed by atoms with van der Waals surface area (Å²) in [5.41, 5.74) is 1.36. The lowest BCUT2D eigenvalue weighted by atomic mass is 9.99. The lowest BCUT2D eigenvalue weighted by molar-refractivity contribution is -0.140. The zero-order chi connectivity index (χ0) is 23.2. The van der Waals surface area contributed by atoms with Gasteiger partial charge in [-0.1, -0.05) is 29.8 Å². The van der Waals surface area contributed by atoms with Crippen LogP contribution in [0.2, 0.25) is 0 Å². The zero-order valence-electron chi connectivity index (χ0n) is 18.1. The first-order valence-electron chi connectivity index (χ1n) is 10.5. The summed E-state index contributed by atoms with van der Waals surface area (Å²) in [6, 6.07) is 13.5. The Kier molecular flexibility index (Phi) is 4.88. The van der Waals surface area contributed by atoms with Gasteiger partial charge < -0.3 is 14.2 Å². The molecule has 5 rings (SSSR count). The number of hydrogen-bond acceptors (Lipinski definition) is 6. The van der Waals surface area contributed by atoms with E-state index in [1.54, 1.807) is 31.2 Å². The molecule has 3 aromatic rings. The Morgan fingerprint density at radius 2 is 1.85 bits per heavy atom. The maximum atomic E-state index is 13.3. The van der Waals surface area contributed by atoms with Crippen LogP contribution in [0.1, 0.15) is 42.0 Å². The van der Waals surface area contributed by atoms with Crippen molar-refractivity contribution in [3.05, 3.63) is 83.7 Å². The van der Waals surface area contributed by atoms with Gasteiger partial charge in [-0.3, -0.25) is 14.5 Å². The molecule has 1 fully saturated rings. The Hall–Kier alpha value is -4.14. The van der Waals surface area contributed by atoms with E-state index in [1.165, 1.54) is 17.5 Å². The number of carbonyl (C=O) groups excluding carboxylic acids is 3. The predicted molar refractivity (Wildman–Crippen MR) is 117 cm³/mol. The molecular formula is C24H22N4O5. The van der Waals surface area contributed by atoms with E-state index in [0.717, 1.165) is 21.7 Å². The second kappa shape index (κ2) is 7.77. The molecule has 2 aliphatic heterocycles. The van der Waals surface area contributed by atoms with Crippen LogP contribution in [-0.4, -0.2) is 40.0 Å². The number of nitrogens with zero attached hydrogens (tertiary/aromatic N) is 3. The maximum absolute atomic E-state index is 13.3. The highest BCUT2D eigenvalue weighted by Crippen LogP contribution is 2.34. The summed E-state index contributed by atoms with van der Waals surface area (Å²) >= 11 is 0. The van der Waals surface area contributed by atoms with Gasteiger partial charge in [0.15, 0.2) is 5.54 Å². The fraction of sp³-hybridized carbons (Fsp3) is 0.250. The third-order valence-corrected chi connectivity index (χ3v) is 6.00. The molecule has 2 aromatic heterocycles. The number of aryl methyl sites for hydroxylation is 1. The minimum absolute atomic E-state index is 0.296. The highest BCUT2D eigenvalue weighted by atomic mass is 16.3. The molecule has 0 unspecified atom stereocenters. The summed E-state index contributed by atoms with van der Waals surface area (Å²) < 4.78 is 10.9. The van der Waals surface area contributed by atoms with Crippen LogP contribution in [0, 0.1) is 6.92 Å². The summed E-state index contributed by atoms with van der Waals surface area (Å²) in [4.78, 5) is 39.9. The van der Waals surface area contributed by atoms with E-state index in [1.807, 2.05) is 31.2 Å². The van der Waals surface area contributed by atoms with Gasteiger partial charge >= 0.3 is 6.03 Å². The van der Waals surface area contributed by atoms with E-state index < -0.39 is 36.0 Å². The molecule has 2 aliphatic rings. The molecule has 1 aromatic carbocycles. The van der Waals surface area contributed by atoms with Gasteiger partial charge in [0.1, 0.15) is 24.1 Å². The first-order valence-corrected chi connectivity index (χ1v) is 10.5. The fourth-order valence-electron chi connectivity index (χ4n) is 4.14. The van der Waals surface area contributed by atoms with Gasteiger partial charge in [0.05, 0.1) is 18.2 Å². The predicted octanol–water partition coefficient (Wildman–Crippen LogP) is 3.33. The lowest BCUT2D eigenvalue weighted by Gasteiger charge is -2.23. The summed E-state index contributed by atoms with van der Waals surface area (Å²) in [7, 11) is 0. The topological polar surface area (TPSA) is 108 Å². The smallest absolute Gasteiger partial charge is 0.325 e. The van der Waals surface area contributed by atoms with Crippen LogP contribution in [-0.2, 0) is 15.1 Å². The Balaban J connectivity index is 1.41. The van der Waals surface area contributed by atoms with E-state index in [4.69, 9.17) is 8.83 Å². The van der Waals surface area contributed by atoms with Crippen LogP contribution in [0.5, 0.6) is 0 Å². The Bertz CT molecular complexity index is 1230. The van der Waals surface area contributed by atoms with Gasteiger partial charge in [-0.2, -0.15) is 5.10 Å². The van der Waals surface area contributed by atoms with Crippen molar-refractivity contribution < 1.29 is 23.2 Å². The molecule has 33 heavy (non-hydrogen) atoms. The van der Waals surface area contributed by atoms with Gasteiger partial charge in [0.2, 0.25) is 0 Å². The van der Waals surface area contributed by atoms with Crippen LogP contribution in [0.25, 0.3) is 0 Å². The molecule has 0 aliphatic carbocycles. The second-order valence-electron chi connectivity index (χ2n) is 8.31. The number of hydrogen-bond donors (Lipinski definition) is 1. The van der Waals surface area contributed by atoms with Gasteiger partial charge in [-0.15, -0.1) is 0 Å². The third kappa shape index (κ3) is 3.51. The van der Waals surface area contributed by atoms with Gasteiger partial charge in [0, 0.05) is 6.42 Å². The number of imide groups is 1. The quantitative estimate of drug-likeness (QED) is 0.605. The van der Waals surface area contributed by atoms with E-state index in [2.05, 4.69) is 10.4 Å². The van der Waals surface area contributed by atoms with Crippen molar-refractivity contribution >= 4 is 23.6 Å². The number of rotatable bonds is 5. The van der Waals surface area contributed by atoms with Crippen molar-refractivity contribution in [2.24, 2.45) is 5.10 Å². The average molecular weight is 446 g/mol. The van der Waals surface area contributed by atoms with E-state index in [-0.39, 0.29) is 0 Å². The number of benzene rings is 1. The van der Waals surface area contributed by atoms with Crippen molar-refractivity contribution in [3.63, 3.8) is 0 Å². The zero-order valence-corrected chi connectivity index (χ0v) is 18.1. The standard InChI is InChI=1S/C24H22N4O5/c1-15-7-9-16(10-8-15)17-13-18(19-5-3-11-32-19)28(26-17)21(29)14-27-22(30)24(2,25-23(27)31)20-6-4-12-33-20/h3-12,18H,13-14H2,1-2H3,(H,25,31)/t18-,24+/m1/s1. The first-order chi connectivity index (χ1) is 15.9. The van der Waals surface area contributed by atoms with Crippen LogP contribution in [0.15, 0.2) is 75.0 Å². The maximum Gasteiger partial charge on any atom is 0.325 e. The lowest BCUT2D eigenvalue weighted by Crippen LogP contribution is -2.43. The molecule has 1 saturated heterocycles. The monoisotopic (exact) mass is 446 g/mol. The third-order valence-electron chi connectivity index (χ3n) is 6.00. The van der Waals surface area contributed by atoms with Crippen molar-refractivity contribution in [1.82, 2.24) is 15.2 Å². The Morgan fingerprint density at radius 3 is 2.52 bits per heavy atom. The number of carbonyl (C=O) groups is 3. The first kappa shape index (κ1) is 20.7. The summed E-state index contributed by atoms with van der Waals surface area (Å²) in [6.45, 7) is 3.09. The molecule has 0 spiro atoms. The van der Waals surface area contributed by atoms with Gasteiger partial charge in [0.25, 0.3) is 11.8 Å². The van der Waals surface area contributed by atoms with Crippen LogP contribution >= 0.6 is 0 Å². The second-order valence-corrected chi connectivity index (χ2v) is 8.31. The fourth-order valence-corrected chi connectivity index (χ4v) is 4.14. The van der Waals surface area contributed by atoms with E-state index in [9.17, 15) is 14.4 Å². The molecule has 4 amide bonds. The van der Waals surface area contributed by atoms with Crippen molar-refractivity contribution in [3.8, 4) is 0 Å². The minimum atomic E-state index is -1.37. The summed E-state index contributed by atoms with van der Waals surface area (Å²) in [5, 5.41) is 8.48. The molecule has 0 bridgehead atoms. The van der Waals surface area contributed by atoms with Crippen molar-refractivity contribution in [1.29, 1.82) is 0 Å². The van der Waals surface area contributed by atoms with E-state index >= 15 is 0 Å². The van der Waals surface area contributed by atoms with Gasteiger partial charge in [-0.25, -0.2) is 9.80 Å². The van der Waals surface area contributed by atoms with Gasteiger partial charge in [-0.05, 0) is 43.7 Å². The Morgan fingerprint density at radius 1 is 1.12 bits per heavy atom. The molecule has 0 radical (unpaired) electrons. The Labute approximate surface area is 189 Å². The molecule has 0 saturated carbocycles. The molecule has 9 heteroatoms. The van der Waals surface area contributed by atoms with Crippen LogP contribution in [0.3, 0.4) is 0 Å². The molecule has 168 valence electrons. The minimum Gasteiger partial charge on any atom is -0.467 e. The van der Waals surface area contributed by atoms with E-state index in [0.29, 0.717) is 17.9 Å². The highest BCUT2D eigenvalue weighted by Gasteiger charge is 2.52.